The van der Waals surface area contributed by atoms with Gasteiger partial charge < -0.3 is 15.3 Å². The van der Waals surface area contributed by atoms with Gasteiger partial charge in [-0.05, 0) is 67.9 Å². The second kappa shape index (κ2) is 8.32. The molecule has 2 heterocycles. The number of aromatic nitrogens is 4. The van der Waals surface area contributed by atoms with Crippen LogP contribution in [-0.2, 0) is 6.54 Å². The van der Waals surface area contributed by atoms with Crippen molar-refractivity contribution in [3.63, 3.8) is 0 Å². The second-order valence-electron chi connectivity index (χ2n) is 6.57. The topological polar surface area (TPSA) is 79.1 Å². The molecule has 0 unspecified atom stereocenters. The molecule has 0 radical (unpaired) electrons. The van der Waals surface area contributed by atoms with Crippen LogP contribution < -0.4 is 5.32 Å². The van der Waals surface area contributed by atoms with Gasteiger partial charge in [0, 0.05) is 6.54 Å². The van der Waals surface area contributed by atoms with Crippen LogP contribution in [0.15, 0.2) is 30.3 Å². The Kier molecular flexibility index (Phi) is 5.90. The number of likely N-dealkylation sites (tertiary alicyclic amines) is 1. The molecule has 3 rings (SSSR count). The van der Waals surface area contributed by atoms with Gasteiger partial charge in [-0.2, -0.15) is 4.68 Å². The minimum Gasteiger partial charge on any atom is -0.392 e. The number of aliphatic hydroxyl groups is 1. The van der Waals surface area contributed by atoms with Crippen molar-refractivity contribution in [2.75, 3.05) is 26.2 Å². The molecule has 1 aromatic carbocycles. The van der Waals surface area contributed by atoms with Gasteiger partial charge in [0.15, 0.2) is 5.82 Å². The molecule has 2 aromatic rings. The zero-order valence-electron chi connectivity index (χ0n) is 14.2. The van der Waals surface area contributed by atoms with Crippen molar-refractivity contribution in [2.45, 2.75) is 32.4 Å². The van der Waals surface area contributed by atoms with Crippen LogP contribution in [-0.4, -0.2) is 62.5 Å². The lowest BCUT2D eigenvalue weighted by Crippen LogP contribution is -2.40. The summed E-state index contributed by atoms with van der Waals surface area (Å²) in [6, 6.07) is 9.94. The SMILES string of the molecule is C[C@H](O)CN1CCC(CNCc2nnnn2-c2ccccc2)CC1. The summed E-state index contributed by atoms with van der Waals surface area (Å²) in [5, 5.41) is 24.9. The highest BCUT2D eigenvalue weighted by Crippen LogP contribution is 2.16. The first-order chi connectivity index (χ1) is 11.7. The van der Waals surface area contributed by atoms with Gasteiger partial charge in [0.2, 0.25) is 0 Å². The lowest BCUT2D eigenvalue weighted by Gasteiger charge is -2.32. The predicted molar refractivity (Wildman–Crippen MR) is 91.7 cm³/mol. The average Bonchev–Trinajstić information content (AvgIpc) is 3.05. The fraction of sp³-hybridized carbons (Fsp3) is 0.588. The third-order valence-corrected chi connectivity index (χ3v) is 4.48. The fourth-order valence-corrected chi connectivity index (χ4v) is 3.22. The monoisotopic (exact) mass is 330 g/mol. The van der Waals surface area contributed by atoms with E-state index in [2.05, 4.69) is 25.7 Å². The molecule has 1 saturated heterocycles. The highest BCUT2D eigenvalue weighted by molar-refractivity contribution is 5.30. The van der Waals surface area contributed by atoms with Crippen molar-refractivity contribution >= 4 is 0 Å². The zero-order valence-corrected chi connectivity index (χ0v) is 14.2. The summed E-state index contributed by atoms with van der Waals surface area (Å²) >= 11 is 0. The second-order valence-corrected chi connectivity index (χ2v) is 6.57. The summed E-state index contributed by atoms with van der Waals surface area (Å²) in [5.74, 6) is 1.50. The Morgan fingerprint density at radius 2 is 2.00 bits per heavy atom. The number of β-amino-alcohol motifs (C(OH)–C–C–N with tert-alkyl or cyclic N) is 1. The van der Waals surface area contributed by atoms with Crippen molar-refractivity contribution in [3.05, 3.63) is 36.2 Å². The Hall–Kier alpha value is -1.83. The fourth-order valence-electron chi connectivity index (χ4n) is 3.22. The van der Waals surface area contributed by atoms with Gasteiger partial charge >= 0.3 is 0 Å². The smallest absolute Gasteiger partial charge is 0.170 e. The van der Waals surface area contributed by atoms with E-state index in [4.69, 9.17) is 0 Å². The number of benzene rings is 1. The molecular weight excluding hydrogens is 304 g/mol. The number of hydrogen-bond donors (Lipinski definition) is 2. The average molecular weight is 330 g/mol. The van der Waals surface area contributed by atoms with E-state index in [-0.39, 0.29) is 6.10 Å². The molecule has 2 N–H and O–H groups in total. The minimum atomic E-state index is -0.239. The van der Waals surface area contributed by atoms with Crippen LogP contribution in [0.2, 0.25) is 0 Å². The lowest BCUT2D eigenvalue weighted by molar-refractivity contribution is 0.0997. The molecule has 1 fully saturated rings. The zero-order chi connectivity index (χ0) is 16.8. The molecule has 0 spiro atoms. The number of para-hydroxylation sites is 1. The maximum Gasteiger partial charge on any atom is 0.170 e. The maximum absolute atomic E-state index is 9.46. The van der Waals surface area contributed by atoms with Crippen molar-refractivity contribution in [1.29, 1.82) is 0 Å². The third kappa shape index (κ3) is 4.59. The van der Waals surface area contributed by atoms with E-state index in [0.717, 1.165) is 37.7 Å². The van der Waals surface area contributed by atoms with Gasteiger partial charge in [0.25, 0.3) is 0 Å². The Labute approximate surface area is 142 Å². The number of nitrogens with zero attached hydrogens (tertiary/aromatic N) is 5. The van der Waals surface area contributed by atoms with E-state index >= 15 is 0 Å². The Morgan fingerprint density at radius 3 is 2.71 bits per heavy atom. The Morgan fingerprint density at radius 1 is 1.25 bits per heavy atom. The first kappa shape index (κ1) is 17.0. The van der Waals surface area contributed by atoms with Crippen LogP contribution >= 0.6 is 0 Å². The van der Waals surface area contributed by atoms with Crippen LogP contribution in [0.4, 0.5) is 0 Å². The van der Waals surface area contributed by atoms with Crippen molar-refractivity contribution in [3.8, 4) is 5.69 Å². The number of piperidine rings is 1. The first-order valence-corrected chi connectivity index (χ1v) is 8.66. The molecular formula is C17H26N6O. The standard InChI is InChI=1S/C17H26N6O/c1-14(24)13-22-9-7-15(8-10-22)11-18-12-17-19-20-21-23(17)16-5-3-2-4-6-16/h2-6,14-15,18,24H,7-13H2,1H3/t14-/m0/s1. The Balaban J connectivity index is 1.44. The van der Waals surface area contributed by atoms with Gasteiger partial charge in [-0.25, -0.2) is 0 Å². The molecule has 1 aliphatic rings. The van der Waals surface area contributed by atoms with E-state index < -0.39 is 0 Å². The molecule has 130 valence electrons. The lowest BCUT2D eigenvalue weighted by atomic mass is 9.96. The van der Waals surface area contributed by atoms with E-state index in [9.17, 15) is 5.11 Å². The van der Waals surface area contributed by atoms with Crippen LogP contribution in [0.1, 0.15) is 25.6 Å². The maximum atomic E-state index is 9.46. The number of hydrogen-bond acceptors (Lipinski definition) is 6. The van der Waals surface area contributed by atoms with E-state index in [0.29, 0.717) is 12.5 Å². The van der Waals surface area contributed by atoms with Crippen LogP contribution in [0.5, 0.6) is 0 Å². The number of nitrogens with one attached hydrogen (secondary N) is 1. The number of rotatable bonds is 7. The molecule has 1 aromatic heterocycles. The van der Waals surface area contributed by atoms with Gasteiger partial charge in [0.05, 0.1) is 18.3 Å². The minimum absolute atomic E-state index is 0.239. The van der Waals surface area contributed by atoms with Gasteiger partial charge in [0.1, 0.15) is 0 Å². The van der Waals surface area contributed by atoms with Gasteiger partial charge in [-0.1, -0.05) is 18.2 Å². The molecule has 0 saturated carbocycles. The number of tetrazole rings is 1. The van der Waals surface area contributed by atoms with Crippen LogP contribution in [0.25, 0.3) is 5.69 Å². The van der Waals surface area contributed by atoms with Gasteiger partial charge in [-0.15, -0.1) is 5.10 Å². The third-order valence-electron chi connectivity index (χ3n) is 4.48. The summed E-state index contributed by atoms with van der Waals surface area (Å²) in [7, 11) is 0. The largest absolute Gasteiger partial charge is 0.392 e. The molecule has 0 amide bonds. The number of aliphatic hydroxyl groups excluding tert-OH is 1. The van der Waals surface area contributed by atoms with Crippen molar-refractivity contribution in [2.24, 2.45) is 5.92 Å². The van der Waals surface area contributed by atoms with Gasteiger partial charge in [-0.3, -0.25) is 0 Å². The van der Waals surface area contributed by atoms with Crippen molar-refractivity contribution < 1.29 is 5.11 Å². The summed E-state index contributed by atoms with van der Waals surface area (Å²) < 4.78 is 1.78. The van der Waals surface area contributed by atoms with E-state index in [1.807, 2.05) is 37.3 Å². The molecule has 7 nitrogen and oxygen atoms in total. The van der Waals surface area contributed by atoms with Crippen LogP contribution in [0, 0.1) is 5.92 Å². The molecule has 0 bridgehead atoms. The highest BCUT2D eigenvalue weighted by Gasteiger charge is 2.20. The summed E-state index contributed by atoms with van der Waals surface area (Å²) in [6.45, 7) is 6.41. The first-order valence-electron chi connectivity index (χ1n) is 8.66. The van der Waals surface area contributed by atoms with Crippen molar-refractivity contribution in [1.82, 2.24) is 30.4 Å². The highest BCUT2D eigenvalue weighted by atomic mass is 16.3. The molecule has 1 aliphatic heterocycles. The Bertz CT molecular complexity index is 607. The normalized spacial score (nSPS) is 17.9. The van der Waals surface area contributed by atoms with E-state index in [1.165, 1.54) is 12.8 Å². The van der Waals surface area contributed by atoms with Crippen LogP contribution in [0.3, 0.4) is 0 Å². The predicted octanol–water partition coefficient (Wildman–Crippen LogP) is 0.845. The summed E-state index contributed by atoms with van der Waals surface area (Å²) in [6.07, 6.45) is 2.10. The van der Waals surface area contributed by atoms with E-state index in [1.54, 1.807) is 4.68 Å². The summed E-state index contributed by atoms with van der Waals surface area (Å²) in [4.78, 5) is 2.34. The molecule has 24 heavy (non-hydrogen) atoms. The molecule has 7 heteroatoms. The summed E-state index contributed by atoms with van der Waals surface area (Å²) in [5.41, 5.74) is 0.978. The molecule has 1 atom stereocenters. The quantitative estimate of drug-likeness (QED) is 0.783. The molecule has 0 aliphatic carbocycles.